The molecule has 27 heavy (non-hydrogen) atoms. The van der Waals surface area contributed by atoms with Crippen molar-refractivity contribution in [1.29, 1.82) is 0 Å². The minimum absolute atomic E-state index is 0. The Morgan fingerprint density at radius 2 is 1.41 bits per heavy atom. The van der Waals surface area contributed by atoms with Crippen LogP contribution in [0, 0.1) is 0 Å². The predicted octanol–water partition coefficient (Wildman–Crippen LogP) is 3.91. The van der Waals surface area contributed by atoms with Gasteiger partial charge in [-0.1, -0.05) is 63.2 Å². The van der Waals surface area contributed by atoms with Gasteiger partial charge in [-0.3, -0.25) is 4.90 Å². The van der Waals surface area contributed by atoms with Gasteiger partial charge < -0.3 is 0 Å². The average molecular weight is 409 g/mol. The zero-order valence-electron chi connectivity index (χ0n) is 16.3. The Labute approximate surface area is 169 Å². The molecule has 0 N–H and O–H groups in total. The van der Waals surface area contributed by atoms with E-state index in [1.165, 1.54) is 5.56 Å². The maximum absolute atomic E-state index is 12.9. The first-order valence-electron chi connectivity index (χ1n) is 9.14. The third kappa shape index (κ3) is 5.32. The van der Waals surface area contributed by atoms with Gasteiger partial charge in [-0.15, -0.1) is 12.4 Å². The molecular formula is C21H29ClN2O2S. The van der Waals surface area contributed by atoms with E-state index in [0.29, 0.717) is 18.0 Å². The number of halogens is 1. The highest BCUT2D eigenvalue weighted by Crippen LogP contribution is 2.25. The molecule has 1 aliphatic heterocycles. The molecule has 1 aliphatic rings. The summed E-state index contributed by atoms with van der Waals surface area (Å²) >= 11 is 0. The molecule has 0 amide bonds. The highest BCUT2D eigenvalue weighted by molar-refractivity contribution is 7.89. The van der Waals surface area contributed by atoms with Crippen molar-refractivity contribution in [3.8, 4) is 0 Å². The van der Waals surface area contributed by atoms with Crippen molar-refractivity contribution >= 4 is 22.4 Å². The van der Waals surface area contributed by atoms with Gasteiger partial charge in [0.15, 0.2) is 0 Å². The van der Waals surface area contributed by atoms with Crippen molar-refractivity contribution in [3.63, 3.8) is 0 Å². The van der Waals surface area contributed by atoms with Crippen LogP contribution >= 0.6 is 12.4 Å². The third-order valence-corrected chi connectivity index (χ3v) is 6.85. The number of benzene rings is 2. The molecule has 3 rings (SSSR count). The molecule has 0 atom stereocenters. The van der Waals surface area contributed by atoms with Gasteiger partial charge >= 0.3 is 0 Å². The van der Waals surface area contributed by atoms with Crippen LogP contribution in [-0.2, 0) is 22.0 Å². The summed E-state index contributed by atoms with van der Waals surface area (Å²) in [5, 5.41) is 0. The summed E-state index contributed by atoms with van der Waals surface area (Å²) in [6, 6.07) is 17.7. The molecule has 148 valence electrons. The minimum Gasteiger partial charge on any atom is -0.296 e. The summed E-state index contributed by atoms with van der Waals surface area (Å²) in [7, 11) is -3.41. The summed E-state index contributed by atoms with van der Waals surface area (Å²) in [6.07, 6.45) is 0. The first-order valence-corrected chi connectivity index (χ1v) is 10.6. The fraction of sp³-hybridized carbons (Fsp3) is 0.429. The highest BCUT2D eigenvalue weighted by Gasteiger charge is 2.28. The molecule has 0 unspecified atom stereocenters. The van der Waals surface area contributed by atoms with Gasteiger partial charge in [0.25, 0.3) is 0 Å². The Bertz CT molecular complexity index is 823. The molecule has 2 aromatic rings. The van der Waals surface area contributed by atoms with E-state index >= 15 is 0 Å². The second-order valence-corrected chi connectivity index (χ2v) is 9.88. The Balaban J connectivity index is 0.00000261. The molecule has 0 saturated carbocycles. The number of sulfonamides is 1. The maximum Gasteiger partial charge on any atom is 0.243 e. The number of hydrogen-bond acceptors (Lipinski definition) is 3. The lowest BCUT2D eigenvalue weighted by atomic mass is 9.87. The van der Waals surface area contributed by atoms with Gasteiger partial charge in [0, 0.05) is 32.7 Å². The molecule has 0 spiro atoms. The molecule has 0 radical (unpaired) electrons. The molecule has 2 aromatic carbocycles. The van der Waals surface area contributed by atoms with Crippen LogP contribution in [0.2, 0.25) is 0 Å². The van der Waals surface area contributed by atoms with E-state index < -0.39 is 10.0 Å². The summed E-state index contributed by atoms with van der Waals surface area (Å²) in [4.78, 5) is 2.70. The normalized spacial score (nSPS) is 16.7. The largest absolute Gasteiger partial charge is 0.296 e. The third-order valence-electron chi connectivity index (χ3n) is 4.94. The molecule has 0 bridgehead atoms. The van der Waals surface area contributed by atoms with Crippen molar-refractivity contribution in [2.24, 2.45) is 0 Å². The Morgan fingerprint density at radius 3 is 1.93 bits per heavy atom. The Morgan fingerprint density at radius 1 is 0.852 bits per heavy atom. The SMILES string of the molecule is CC(C)(C)c1ccc(S(=O)(=O)N2CCN(Cc3ccccc3)CC2)cc1.Cl. The van der Waals surface area contributed by atoms with Crippen LogP contribution in [0.5, 0.6) is 0 Å². The lowest BCUT2D eigenvalue weighted by Crippen LogP contribution is -2.48. The molecule has 1 heterocycles. The maximum atomic E-state index is 12.9. The van der Waals surface area contributed by atoms with E-state index in [-0.39, 0.29) is 17.8 Å². The van der Waals surface area contributed by atoms with E-state index in [1.54, 1.807) is 16.4 Å². The van der Waals surface area contributed by atoms with Gasteiger partial charge in [0.05, 0.1) is 4.90 Å². The Kier molecular flexibility index (Phi) is 7.09. The minimum atomic E-state index is -3.41. The van der Waals surface area contributed by atoms with Gasteiger partial charge in [-0.2, -0.15) is 4.31 Å². The van der Waals surface area contributed by atoms with Crippen molar-refractivity contribution < 1.29 is 8.42 Å². The van der Waals surface area contributed by atoms with Gasteiger partial charge in [0.2, 0.25) is 10.0 Å². The fourth-order valence-electron chi connectivity index (χ4n) is 3.25. The zero-order chi connectivity index (χ0) is 18.8. The molecule has 0 aliphatic carbocycles. The molecule has 1 fully saturated rings. The van der Waals surface area contributed by atoms with Crippen LogP contribution in [0.3, 0.4) is 0 Å². The van der Waals surface area contributed by atoms with Gasteiger partial charge in [-0.05, 0) is 28.7 Å². The smallest absolute Gasteiger partial charge is 0.243 e. The van der Waals surface area contributed by atoms with Crippen molar-refractivity contribution in [2.75, 3.05) is 26.2 Å². The highest BCUT2D eigenvalue weighted by atomic mass is 35.5. The summed E-state index contributed by atoms with van der Waals surface area (Å²) in [5.74, 6) is 0. The van der Waals surface area contributed by atoms with E-state index in [0.717, 1.165) is 25.2 Å². The van der Waals surface area contributed by atoms with Gasteiger partial charge in [-0.25, -0.2) is 8.42 Å². The van der Waals surface area contributed by atoms with Gasteiger partial charge in [0.1, 0.15) is 0 Å². The first kappa shape index (κ1) is 21.9. The van der Waals surface area contributed by atoms with Crippen LogP contribution in [0.25, 0.3) is 0 Å². The lowest BCUT2D eigenvalue weighted by Gasteiger charge is -2.34. The summed E-state index contributed by atoms with van der Waals surface area (Å²) < 4.78 is 27.5. The Hall–Kier alpha value is -1.40. The van der Waals surface area contributed by atoms with Crippen LogP contribution < -0.4 is 0 Å². The lowest BCUT2D eigenvalue weighted by molar-refractivity contribution is 0.181. The van der Waals surface area contributed by atoms with Crippen molar-refractivity contribution in [2.45, 2.75) is 37.6 Å². The predicted molar refractivity (Wildman–Crippen MR) is 113 cm³/mol. The van der Waals surface area contributed by atoms with E-state index in [1.807, 2.05) is 30.3 Å². The van der Waals surface area contributed by atoms with E-state index in [4.69, 9.17) is 0 Å². The number of rotatable bonds is 4. The van der Waals surface area contributed by atoms with E-state index in [2.05, 4.69) is 37.8 Å². The standard InChI is InChI=1S/C21H28N2O2S.ClH/c1-21(2,3)19-9-11-20(12-10-19)26(24,25)23-15-13-22(14-16-23)17-18-7-5-4-6-8-18;/h4-12H,13-17H2,1-3H3;1H. The molecule has 6 heteroatoms. The fourth-order valence-corrected chi connectivity index (χ4v) is 4.67. The van der Waals surface area contributed by atoms with Crippen LogP contribution in [0.1, 0.15) is 31.9 Å². The van der Waals surface area contributed by atoms with Crippen molar-refractivity contribution in [1.82, 2.24) is 9.21 Å². The quantitative estimate of drug-likeness (QED) is 0.770. The van der Waals surface area contributed by atoms with Crippen LogP contribution in [0.15, 0.2) is 59.5 Å². The summed E-state index contributed by atoms with van der Waals surface area (Å²) in [6.45, 7) is 9.84. The molecule has 0 aromatic heterocycles. The van der Waals surface area contributed by atoms with E-state index in [9.17, 15) is 8.42 Å². The topological polar surface area (TPSA) is 40.6 Å². The number of piperazine rings is 1. The van der Waals surface area contributed by atoms with Crippen LogP contribution in [-0.4, -0.2) is 43.8 Å². The second-order valence-electron chi connectivity index (χ2n) is 7.94. The summed E-state index contributed by atoms with van der Waals surface area (Å²) in [5.41, 5.74) is 2.43. The molecule has 1 saturated heterocycles. The average Bonchev–Trinajstić information content (AvgIpc) is 2.62. The molecular weight excluding hydrogens is 380 g/mol. The number of nitrogens with zero attached hydrogens (tertiary/aromatic N) is 2. The molecule has 4 nitrogen and oxygen atoms in total. The monoisotopic (exact) mass is 408 g/mol. The van der Waals surface area contributed by atoms with Crippen LogP contribution in [0.4, 0.5) is 0 Å². The number of hydrogen-bond donors (Lipinski definition) is 0. The second kappa shape index (κ2) is 8.74. The van der Waals surface area contributed by atoms with Crippen molar-refractivity contribution in [3.05, 3.63) is 65.7 Å². The first-order chi connectivity index (χ1) is 12.3. The zero-order valence-corrected chi connectivity index (χ0v) is 17.9.